The molecule has 220 valence electrons. The highest BCUT2D eigenvalue weighted by atomic mass is 16.2. The van der Waals surface area contributed by atoms with E-state index < -0.39 is 0 Å². The van der Waals surface area contributed by atoms with E-state index in [4.69, 9.17) is 0 Å². The molecule has 4 fully saturated rings. The number of carbonyl (C=O) groups excluding carboxylic acids is 1. The van der Waals surface area contributed by atoms with Gasteiger partial charge >= 0.3 is 0 Å². The Hall–Kier alpha value is -3.14. The Labute approximate surface area is 250 Å². The summed E-state index contributed by atoms with van der Waals surface area (Å²) in [6.45, 7) is 12.2. The Kier molecular flexibility index (Phi) is 7.15. The third-order valence-corrected chi connectivity index (χ3v) is 11.0. The molecule has 6 nitrogen and oxygen atoms in total. The minimum absolute atomic E-state index is 0.154. The number of piperazine rings is 1. The zero-order valence-electron chi connectivity index (χ0n) is 25.5. The molecule has 2 aliphatic carbocycles. The quantitative estimate of drug-likeness (QED) is 0.359. The van der Waals surface area contributed by atoms with Crippen molar-refractivity contribution in [1.82, 2.24) is 19.7 Å². The van der Waals surface area contributed by atoms with Crippen molar-refractivity contribution in [3.63, 3.8) is 0 Å². The highest BCUT2D eigenvalue weighted by Crippen LogP contribution is 2.57. The van der Waals surface area contributed by atoms with Crippen LogP contribution in [0.25, 0.3) is 10.9 Å². The number of nitriles is 1. The van der Waals surface area contributed by atoms with E-state index in [9.17, 15) is 10.1 Å². The molecule has 1 spiro atoms. The van der Waals surface area contributed by atoms with Crippen LogP contribution in [0.2, 0.25) is 0 Å². The van der Waals surface area contributed by atoms with E-state index in [1.807, 2.05) is 4.90 Å². The van der Waals surface area contributed by atoms with Crippen LogP contribution in [0, 0.1) is 29.6 Å². The maximum absolute atomic E-state index is 13.4. The summed E-state index contributed by atoms with van der Waals surface area (Å²) in [4.78, 5) is 24.1. The Morgan fingerprint density at radius 1 is 1.05 bits per heavy atom. The van der Waals surface area contributed by atoms with Gasteiger partial charge in [-0.05, 0) is 118 Å². The van der Waals surface area contributed by atoms with E-state index in [-0.39, 0.29) is 17.2 Å². The highest BCUT2D eigenvalue weighted by molar-refractivity contribution is 5.94. The van der Waals surface area contributed by atoms with Crippen molar-refractivity contribution in [2.24, 2.45) is 11.3 Å². The van der Waals surface area contributed by atoms with Crippen LogP contribution in [-0.4, -0.2) is 64.4 Å². The van der Waals surface area contributed by atoms with Crippen LogP contribution < -0.4 is 0 Å². The number of rotatable bonds is 6. The molecule has 0 unspecified atom stereocenters. The number of carbonyl (C=O) groups is 1. The molecule has 6 heteroatoms. The monoisotopic (exact) mass is 563 g/mol. The summed E-state index contributed by atoms with van der Waals surface area (Å²) in [5.41, 5.74) is 8.04. The number of hydrogen-bond donors (Lipinski definition) is 1. The molecule has 4 aliphatic rings. The van der Waals surface area contributed by atoms with Crippen LogP contribution >= 0.6 is 0 Å². The number of amides is 1. The number of fused-ring (bicyclic) bond motifs is 1. The van der Waals surface area contributed by atoms with E-state index in [1.54, 1.807) is 5.56 Å². The number of aromatic nitrogens is 1. The van der Waals surface area contributed by atoms with E-state index in [0.717, 1.165) is 64.1 Å². The number of H-pyrrole nitrogens is 1. The zero-order chi connectivity index (χ0) is 29.0. The maximum atomic E-state index is 13.4. The lowest BCUT2D eigenvalue weighted by Crippen LogP contribution is -2.50. The van der Waals surface area contributed by atoms with Crippen LogP contribution in [0.4, 0.5) is 0 Å². The van der Waals surface area contributed by atoms with Gasteiger partial charge in [0.2, 0.25) is 0 Å². The topological polar surface area (TPSA) is 66.4 Å². The van der Waals surface area contributed by atoms with Crippen LogP contribution in [0.1, 0.15) is 96.9 Å². The van der Waals surface area contributed by atoms with E-state index in [2.05, 4.69) is 84.2 Å². The van der Waals surface area contributed by atoms with Gasteiger partial charge in [-0.1, -0.05) is 18.2 Å². The van der Waals surface area contributed by atoms with Gasteiger partial charge in [0.15, 0.2) is 0 Å². The Morgan fingerprint density at radius 3 is 2.45 bits per heavy atom. The molecule has 1 atom stereocenters. The van der Waals surface area contributed by atoms with Crippen LogP contribution in [-0.2, 0) is 6.54 Å². The molecule has 3 heterocycles. The molecule has 1 aromatic heterocycles. The number of piperidine rings is 1. The number of likely N-dealkylation sites (tertiary alicyclic amines) is 1. The van der Waals surface area contributed by atoms with Gasteiger partial charge < -0.3 is 9.88 Å². The van der Waals surface area contributed by atoms with Gasteiger partial charge in [0.25, 0.3) is 5.91 Å². The minimum Gasteiger partial charge on any atom is -0.361 e. The van der Waals surface area contributed by atoms with Gasteiger partial charge in [0.05, 0.1) is 6.07 Å². The third kappa shape index (κ3) is 5.05. The van der Waals surface area contributed by atoms with Crippen molar-refractivity contribution in [2.45, 2.75) is 83.8 Å². The molecule has 0 bridgehead atoms. The normalized spacial score (nSPS) is 27.0. The van der Waals surface area contributed by atoms with Gasteiger partial charge in [-0.2, -0.15) is 5.26 Å². The minimum atomic E-state index is 0.154. The van der Waals surface area contributed by atoms with E-state index in [0.29, 0.717) is 18.0 Å². The van der Waals surface area contributed by atoms with Crippen molar-refractivity contribution < 1.29 is 4.79 Å². The largest absolute Gasteiger partial charge is 0.361 e. The third-order valence-electron chi connectivity index (χ3n) is 11.0. The summed E-state index contributed by atoms with van der Waals surface area (Å²) in [5.74, 6) is 1.07. The molecular formula is C36H45N5O. The fraction of sp³-hybridized carbons (Fsp3) is 0.556. The van der Waals surface area contributed by atoms with Crippen molar-refractivity contribution in [3.05, 3.63) is 70.4 Å². The molecule has 42 heavy (non-hydrogen) atoms. The summed E-state index contributed by atoms with van der Waals surface area (Å²) in [7, 11) is 0. The zero-order valence-corrected chi connectivity index (χ0v) is 25.5. The second kappa shape index (κ2) is 10.8. The first-order chi connectivity index (χ1) is 20.3. The van der Waals surface area contributed by atoms with Gasteiger partial charge in [-0.3, -0.25) is 14.6 Å². The fourth-order valence-corrected chi connectivity index (χ4v) is 8.25. The number of nitrogens with zero attached hydrogens (tertiary/aromatic N) is 4. The predicted molar refractivity (Wildman–Crippen MR) is 167 cm³/mol. The van der Waals surface area contributed by atoms with Gasteiger partial charge in [-0.25, -0.2) is 0 Å². The molecule has 1 amide bonds. The van der Waals surface area contributed by atoms with Gasteiger partial charge in [-0.15, -0.1) is 0 Å². The Morgan fingerprint density at radius 2 is 1.79 bits per heavy atom. The smallest absolute Gasteiger partial charge is 0.253 e. The fourth-order valence-electron chi connectivity index (χ4n) is 8.25. The molecule has 2 saturated carbocycles. The van der Waals surface area contributed by atoms with Gasteiger partial charge in [0, 0.05) is 73.4 Å². The summed E-state index contributed by atoms with van der Waals surface area (Å²) >= 11 is 0. The average Bonchev–Trinajstić information content (AvgIpc) is 3.72. The lowest BCUT2D eigenvalue weighted by molar-refractivity contribution is -0.0297. The van der Waals surface area contributed by atoms with Crippen LogP contribution in [0.15, 0.2) is 42.6 Å². The Bertz CT molecular complexity index is 1500. The summed E-state index contributed by atoms with van der Waals surface area (Å²) in [5, 5.41) is 10.9. The first-order valence-electron chi connectivity index (χ1n) is 16.2. The molecular weight excluding hydrogens is 518 g/mol. The van der Waals surface area contributed by atoms with Crippen molar-refractivity contribution >= 4 is 16.8 Å². The average molecular weight is 564 g/mol. The Balaban J connectivity index is 1.15. The number of nitrogens with one attached hydrogen (secondary N) is 1. The summed E-state index contributed by atoms with van der Waals surface area (Å²) < 4.78 is 0. The lowest BCUT2D eigenvalue weighted by Gasteiger charge is -2.53. The molecule has 3 aromatic rings. The standard InChI is InChI=1S/C36H45N5O/c1-24(2)39-14-16-40(17-15-39)35(42)29-8-6-28(7-9-29)33-21-36(19-26(20-36)22-37)11-13-41(33)23-32-30-10-12-38-34(30)25(3)18-31(32)27-4-5-27/h6-10,12,18,24,26-27,33,38H,4-5,11,13-17,19-21,23H2,1-3H3/t26?,33-,36?/m0/s1. The van der Waals surface area contributed by atoms with Crippen molar-refractivity contribution in [2.75, 3.05) is 32.7 Å². The lowest BCUT2D eigenvalue weighted by atomic mass is 9.56. The summed E-state index contributed by atoms with van der Waals surface area (Å²) in [6, 6.07) is 16.6. The summed E-state index contributed by atoms with van der Waals surface area (Å²) in [6.07, 6.45) is 9.02. The van der Waals surface area contributed by atoms with Crippen LogP contribution in [0.3, 0.4) is 0 Å². The number of hydrogen-bond acceptors (Lipinski definition) is 4. The predicted octanol–water partition coefficient (Wildman–Crippen LogP) is 6.78. The maximum Gasteiger partial charge on any atom is 0.253 e. The van der Waals surface area contributed by atoms with E-state index >= 15 is 0 Å². The number of aryl methyl sites for hydroxylation is 1. The highest BCUT2D eigenvalue weighted by Gasteiger charge is 2.49. The second-order valence-corrected chi connectivity index (χ2v) is 14.0. The molecule has 2 aliphatic heterocycles. The number of benzene rings is 2. The molecule has 2 aromatic carbocycles. The molecule has 1 N–H and O–H groups in total. The first kappa shape index (κ1) is 27.7. The first-order valence-corrected chi connectivity index (χ1v) is 16.2. The molecule has 7 rings (SSSR count). The molecule has 2 saturated heterocycles. The molecule has 0 radical (unpaired) electrons. The van der Waals surface area contributed by atoms with Crippen LogP contribution in [0.5, 0.6) is 0 Å². The van der Waals surface area contributed by atoms with Crippen molar-refractivity contribution in [1.29, 1.82) is 5.26 Å². The van der Waals surface area contributed by atoms with Crippen molar-refractivity contribution in [3.8, 4) is 6.07 Å². The SMILES string of the molecule is Cc1cc(C2CC2)c(CN2CCC3(CC(C#N)C3)C[C@H]2c2ccc(C(=O)N3CCN(C(C)C)CC3)cc2)c2cc[nH]c12. The second-order valence-electron chi connectivity index (χ2n) is 14.0. The number of aromatic amines is 1. The van der Waals surface area contributed by atoms with Gasteiger partial charge in [0.1, 0.15) is 0 Å². The van der Waals surface area contributed by atoms with E-state index in [1.165, 1.54) is 46.9 Å².